The third-order valence-corrected chi connectivity index (χ3v) is 14.8. The Morgan fingerprint density at radius 2 is 0.587 bits per heavy atom. The Morgan fingerprint density at radius 1 is 0.185 bits per heavy atom. The molecule has 0 spiro atoms. The van der Waals surface area contributed by atoms with E-state index in [0.29, 0.717) is 0 Å². The average Bonchev–Trinajstić information content (AvgIpc) is 2.29. The van der Waals surface area contributed by atoms with Gasteiger partial charge in [0.25, 0.3) is 0 Å². The second kappa shape index (κ2) is 43.2. The molecule has 0 fully saturated rings. The van der Waals surface area contributed by atoms with Gasteiger partial charge in [-0.2, -0.15) is 0 Å². The largest absolute Gasteiger partial charge is 0.464 e. The van der Waals surface area contributed by atoms with E-state index in [0.717, 1.165) is 39.1 Å². The van der Waals surface area contributed by atoms with Gasteiger partial charge in [-0.1, -0.05) is 145 Å². The molecule has 92 heavy (non-hydrogen) atoms. The van der Waals surface area contributed by atoms with Gasteiger partial charge >= 0.3 is 0 Å². The summed E-state index contributed by atoms with van der Waals surface area (Å²) in [6.45, 7) is 59.5. The van der Waals surface area contributed by atoms with Crippen LogP contribution in [0, 0.1) is 104 Å². The molecule has 0 radical (unpaired) electrons. The van der Waals surface area contributed by atoms with Crippen LogP contribution < -0.4 is 0 Å². The van der Waals surface area contributed by atoms with Crippen LogP contribution in [-0.2, 0) is 0 Å². The monoisotopic (exact) mass is 1250 g/mol. The molecule has 7 nitrogen and oxygen atoms in total. The van der Waals surface area contributed by atoms with Crippen molar-refractivity contribution < 1.29 is 30.9 Å². The van der Waals surface area contributed by atoms with Crippen LogP contribution in [0.15, 0.2) is 196 Å². The van der Waals surface area contributed by atoms with Crippen molar-refractivity contribution in [3.63, 3.8) is 0 Å². The maximum Gasteiger partial charge on any atom is 0.137 e. The zero-order valence-corrected chi connectivity index (χ0v) is 61.9. The minimum atomic E-state index is 0.980. The van der Waals surface area contributed by atoms with Gasteiger partial charge in [0.15, 0.2) is 0 Å². The first kappa shape index (κ1) is 81.3. The normalized spacial score (nSPS) is 9.58. The number of hydrogen-bond donors (Lipinski definition) is 0. The Kier molecular flexibility index (Phi) is 38.1. The Bertz CT molecular complexity index is 4050. The predicted molar refractivity (Wildman–Crippen MR) is 404 cm³/mol. The van der Waals surface area contributed by atoms with Gasteiger partial charge in [0.2, 0.25) is 0 Å². The van der Waals surface area contributed by atoms with E-state index in [1.165, 1.54) is 121 Å². The topological polar surface area (TPSA) is 92.0 Å². The highest BCUT2D eigenvalue weighted by atomic mass is 16.3. The van der Waals surface area contributed by atoms with Gasteiger partial charge in [0, 0.05) is 37.7 Å². The maximum atomic E-state index is 5.38. The molecular formula is C85H114O7. The molecule has 0 N–H and O–H groups in total. The van der Waals surface area contributed by atoms with Crippen molar-refractivity contribution in [3.8, 4) is 0 Å². The summed E-state index contributed by atoms with van der Waals surface area (Å²) in [4.78, 5) is 0. The van der Waals surface area contributed by atoms with Crippen LogP contribution >= 0.6 is 0 Å². The Morgan fingerprint density at radius 3 is 1.21 bits per heavy atom. The van der Waals surface area contributed by atoms with Crippen molar-refractivity contribution in [1.29, 1.82) is 0 Å². The molecule has 0 aliphatic rings. The SMILES string of the molecule is CC.CC.CC.CC.CC.CC.CC.Cc1cc(C)c2ccoc2c1.Cc1cc(C)c2occc2c1.Cc1cc2ccoc2c(C)c1C.Cc1cc2ccoc2cc1C.Cc1ccc(C)c2occc12.Cc1ccc2ccoc2c1C.Cc1ccc2occc2c1C. The van der Waals surface area contributed by atoms with Crippen LogP contribution in [0.25, 0.3) is 76.8 Å². The van der Waals surface area contributed by atoms with Crippen molar-refractivity contribution in [2.24, 2.45) is 0 Å². The second-order valence-corrected chi connectivity index (χ2v) is 20.6. The van der Waals surface area contributed by atoms with Crippen LogP contribution in [0.3, 0.4) is 0 Å². The molecule has 0 aliphatic carbocycles. The second-order valence-electron chi connectivity index (χ2n) is 20.6. The lowest BCUT2D eigenvalue weighted by Gasteiger charge is -2.03. The lowest BCUT2D eigenvalue weighted by atomic mass is 10.0. The Labute approximate surface area is 554 Å². The molecule has 0 saturated carbocycles. The van der Waals surface area contributed by atoms with Crippen molar-refractivity contribution in [2.45, 2.75) is 201 Å². The molecule has 0 bridgehead atoms. The summed E-state index contributed by atoms with van der Waals surface area (Å²) in [5.41, 5.74) is 26.2. The number of benzene rings is 7. The number of furan rings is 7. The van der Waals surface area contributed by atoms with Crippen molar-refractivity contribution >= 4 is 76.8 Å². The number of rotatable bonds is 0. The molecule has 496 valence electrons. The van der Waals surface area contributed by atoms with E-state index in [1.54, 1.807) is 43.8 Å². The lowest BCUT2D eigenvalue weighted by molar-refractivity contribution is 0.612. The summed E-state index contributed by atoms with van der Waals surface area (Å²) in [6.07, 6.45) is 12.1. The molecule has 7 heteroatoms. The van der Waals surface area contributed by atoms with E-state index in [-0.39, 0.29) is 0 Å². The summed E-state index contributed by atoms with van der Waals surface area (Å²) in [5.74, 6) is 0. The Hall–Kier alpha value is -8.68. The van der Waals surface area contributed by atoms with Crippen molar-refractivity contribution in [2.75, 3.05) is 0 Å². The fourth-order valence-electron chi connectivity index (χ4n) is 9.56. The molecule has 0 unspecified atom stereocenters. The lowest BCUT2D eigenvalue weighted by Crippen LogP contribution is -1.85. The van der Waals surface area contributed by atoms with Crippen LogP contribution in [0.1, 0.15) is 180 Å². The average molecular weight is 1250 g/mol. The van der Waals surface area contributed by atoms with Crippen molar-refractivity contribution in [3.05, 3.63) is 249 Å². The first-order valence-electron chi connectivity index (χ1n) is 33.5. The van der Waals surface area contributed by atoms with Gasteiger partial charge in [0.1, 0.15) is 39.1 Å². The number of aryl methyl sites for hydroxylation is 14. The molecule has 0 aliphatic heterocycles. The zero-order chi connectivity index (χ0) is 69.8. The van der Waals surface area contributed by atoms with Crippen LogP contribution in [0.2, 0.25) is 0 Å². The molecule has 0 amide bonds. The summed E-state index contributed by atoms with van der Waals surface area (Å²) >= 11 is 0. The highest BCUT2D eigenvalue weighted by Crippen LogP contribution is 2.28. The van der Waals surface area contributed by atoms with Gasteiger partial charge in [-0.15, -0.1) is 0 Å². The molecule has 0 saturated heterocycles. The van der Waals surface area contributed by atoms with E-state index >= 15 is 0 Å². The highest BCUT2D eigenvalue weighted by Gasteiger charge is 2.07. The smallest absolute Gasteiger partial charge is 0.137 e. The molecule has 0 atom stereocenters. The third-order valence-electron chi connectivity index (χ3n) is 14.8. The summed E-state index contributed by atoms with van der Waals surface area (Å²) in [6, 6.07) is 41.4. The minimum absolute atomic E-state index is 0.980. The van der Waals surface area contributed by atoms with E-state index in [2.05, 4.69) is 177 Å². The fourth-order valence-corrected chi connectivity index (χ4v) is 9.56. The number of fused-ring (bicyclic) bond motifs is 7. The standard InChI is InChI=1S/C11H12O.6C10H10O.7C2H6/c1-7-6-10-4-5-12-11(10)9(3)8(7)2;1-7-5-9-3-4-11-10(9)6-8(7)2;1-7-5-8(2)9-3-4-11-10(9)6-7;1-7-5-8(2)10-9(6-7)3-4-11-10;1-7-3-4-10-9(8(7)2)5-6-11-10;1-7-3-4-9-5-6-11-10(9)8(7)2;1-7-3-4-8(2)10-9(7)5-6-11-10;7*1-2/h4-6H,1-3H3;6*3-6H,1-2H3;7*1-2H3. The van der Waals surface area contributed by atoms with Crippen LogP contribution in [0.5, 0.6) is 0 Å². The summed E-state index contributed by atoms with van der Waals surface area (Å²) in [7, 11) is 0. The van der Waals surface area contributed by atoms with E-state index in [1.807, 2.05) is 145 Å². The highest BCUT2D eigenvalue weighted by molar-refractivity contribution is 5.86. The van der Waals surface area contributed by atoms with Gasteiger partial charge in [-0.05, 0) is 261 Å². The Balaban J connectivity index is 0.000000519. The summed E-state index contributed by atoms with van der Waals surface area (Å²) < 4.78 is 37.1. The van der Waals surface area contributed by atoms with Gasteiger partial charge in [-0.3, -0.25) is 0 Å². The van der Waals surface area contributed by atoms with E-state index in [9.17, 15) is 0 Å². The van der Waals surface area contributed by atoms with Crippen LogP contribution in [-0.4, -0.2) is 0 Å². The van der Waals surface area contributed by atoms with Crippen LogP contribution in [0.4, 0.5) is 0 Å². The fraction of sp³-hybridized carbons (Fsp3) is 0.341. The molecule has 14 aromatic rings. The molecule has 7 aromatic carbocycles. The van der Waals surface area contributed by atoms with Crippen molar-refractivity contribution in [1.82, 2.24) is 0 Å². The first-order valence-corrected chi connectivity index (χ1v) is 33.5. The van der Waals surface area contributed by atoms with Gasteiger partial charge < -0.3 is 30.9 Å². The maximum absolute atomic E-state index is 5.38. The van der Waals surface area contributed by atoms with Gasteiger partial charge in [0.05, 0.1) is 43.8 Å². The quantitative estimate of drug-likeness (QED) is 0.149. The molecule has 7 aromatic heterocycles. The van der Waals surface area contributed by atoms with E-state index < -0.39 is 0 Å². The number of hydrogen-bond acceptors (Lipinski definition) is 7. The first-order chi connectivity index (χ1) is 44.4. The van der Waals surface area contributed by atoms with Gasteiger partial charge in [-0.25, -0.2) is 0 Å². The molecule has 14 rings (SSSR count). The minimum Gasteiger partial charge on any atom is -0.464 e. The third kappa shape index (κ3) is 22.6. The predicted octanol–water partition coefficient (Wildman–Crippen LogP) is 28.8. The summed E-state index contributed by atoms with van der Waals surface area (Å²) in [5, 5.41) is 8.45. The van der Waals surface area contributed by atoms with E-state index in [4.69, 9.17) is 30.9 Å². The molecule has 7 heterocycles. The zero-order valence-electron chi connectivity index (χ0n) is 61.9. The molecular weight excluding hydrogens is 1130 g/mol.